The van der Waals surface area contributed by atoms with Crippen molar-refractivity contribution in [1.82, 2.24) is 19.5 Å². The third-order valence-corrected chi connectivity index (χ3v) is 8.82. The van der Waals surface area contributed by atoms with E-state index >= 15 is 0 Å². The Morgan fingerprint density at radius 2 is 1.86 bits per heavy atom. The number of ether oxygens (including phenoxy) is 1. The summed E-state index contributed by atoms with van der Waals surface area (Å²) in [6, 6.07) is 11.1. The van der Waals surface area contributed by atoms with E-state index in [2.05, 4.69) is 10.3 Å². The molecule has 35 heavy (non-hydrogen) atoms. The SMILES string of the molecule is O=C(C1CCN(S(=O)(=O)c2cccc3nonc23)CC1)N1CCC(CCOc2ccccc2F)C1. The minimum absolute atomic E-state index is 0.0704. The zero-order chi connectivity index (χ0) is 24.4. The van der Waals surface area contributed by atoms with Crippen molar-refractivity contribution < 1.29 is 27.0 Å². The molecule has 2 aliphatic rings. The van der Waals surface area contributed by atoms with Crippen LogP contribution in [0.5, 0.6) is 5.75 Å². The molecule has 0 spiro atoms. The Morgan fingerprint density at radius 3 is 2.66 bits per heavy atom. The van der Waals surface area contributed by atoms with Gasteiger partial charge >= 0.3 is 0 Å². The number of sulfonamides is 1. The summed E-state index contributed by atoms with van der Waals surface area (Å²) < 4.78 is 51.7. The number of piperidine rings is 1. The van der Waals surface area contributed by atoms with E-state index in [0.717, 1.165) is 12.8 Å². The highest BCUT2D eigenvalue weighted by molar-refractivity contribution is 7.89. The maximum absolute atomic E-state index is 13.7. The van der Waals surface area contributed by atoms with Gasteiger partial charge in [-0.1, -0.05) is 18.2 Å². The Balaban J connectivity index is 1.12. The molecule has 1 amide bonds. The standard InChI is InChI=1S/C24H27FN4O5S/c25-19-4-1-2-6-21(19)33-15-11-17-8-12-28(16-17)24(30)18-9-13-29(14-10-18)35(31,32)22-7-3-5-20-23(22)27-34-26-20/h1-7,17-18H,8-16H2. The van der Waals surface area contributed by atoms with Crippen molar-refractivity contribution in [2.75, 3.05) is 32.8 Å². The molecule has 3 aromatic rings. The Hall–Kier alpha value is -3.05. The molecule has 2 fully saturated rings. The molecule has 0 saturated carbocycles. The van der Waals surface area contributed by atoms with Gasteiger partial charge in [0.25, 0.3) is 0 Å². The number of nitrogens with zero attached hydrogens (tertiary/aromatic N) is 4. The van der Waals surface area contributed by atoms with Gasteiger partial charge in [0, 0.05) is 32.1 Å². The van der Waals surface area contributed by atoms with E-state index in [4.69, 9.17) is 9.37 Å². The molecule has 9 nitrogen and oxygen atoms in total. The van der Waals surface area contributed by atoms with E-state index in [1.54, 1.807) is 30.3 Å². The fourth-order valence-corrected chi connectivity index (χ4v) is 6.50. The number of hydrogen-bond donors (Lipinski definition) is 0. The lowest BCUT2D eigenvalue weighted by atomic mass is 9.96. The summed E-state index contributed by atoms with van der Waals surface area (Å²) in [5.74, 6) is 0.0687. The van der Waals surface area contributed by atoms with Crippen LogP contribution in [0.1, 0.15) is 25.7 Å². The number of rotatable bonds is 7. The number of para-hydroxylation sites is 1. The third-order valence-electron chi connectivity index (χ3n) is 6.89. The summed E-state index contributed by atoms with van der Waals surface area (Å²) >= 11 is 0. The van der Waals surface area contributed by atoms with Gasteiger partial charge in [0.15, 0.2) is 17.1 Å². The van der Waals surface area contributed by atoms with Crippen molar-refractivity contribution in [2.24, 2.45) is 11.8 Å². The van der Waals surface area contributed by atoms with Crippen LogP contribution in [0.4, 0.5) is 4.39 Å². The maximum Gasteiger partial charge on any atom is 0.245 e. The zero-order valence-corrected chi connectivity index (χ0v) is 20.0. The van der Waals surface area contributed by atoms with Crippen molar-refractivity contribution in [1.29, 1.82) is 0 Å². The molecule has 2 aromatic carbocycles. The first kappa shape index (κ1) is 23.7. The highest BCUT2D eigenvalue weighted by Crippen LogP contribution is 2.30. The molecule has 2 aliphatic heterocycles. The van der Waals surface area contributed by atoms with Crippen LogP contribution >= 0.6 is 0 Å². The Labute approximate surface area is 202 Å². The minimum atomic E-state index is -3.77. The molecule has 5 rings (SSSR count). The van der Waals surface area contributed by atoms with Gasteiger partial charge < -0.3 is 9.64 Å². The molecule has 1 aromatic heterocycles. The van der Waals surface area contributed by atoms with Gasteiger partial charge in [0.1, 0.15) is 10.4 Å². The highest BCUT2D eigenvalue weighted by atomic mass is 32.2. The summed E-state index contributed by atoms with van der Waals surface area (Å²) in [5, 5.41) is 7.46. The second-order valence-electron chi connectivity index (χ2n) is 9.07. The monoisotopic (exact) mass is 502 g/mol. The van der Waals surface area contributed by atoms with Crippen molar-refractivity contribution >= 4 is 27.0 Å². The predicted molar refractivity (Wildman–Crippen MR) is 124 cm³/mol. The van der Waals surface area contributed by atoms with E-state index in [1.165, 1.54) is 16.4 Å². The number of carbonyl (C=O) groups is 1. The van der Waals surface area contributed by atoms with E-state index < -0.39 is 10.0 Å². The number of benzene rings is 2. The Bertz CT molecular complexity index is 1310. The van der Waals surface area contributed by atoms with Gasteiger partial charge in [0.05, 0.1) is 6.61 Å². The summed E-state index contributed by atoms with van der Waals surface area (Å²) in [6.45, 7) is 2.28. The van der Waals surface area contributed by atoms with Crippen LogP contribution in [-0.4, -0.2) is 66.6 Å². The fourth-order valence-electron chi connectivity index (χ4n) is 4.90. The van der Waals surface area contributed by atoms with Crippen LogP contribution in [0.2, 0.25) is 0 Å². The largest absolute Gasteiger partial charge is 0.491 e. The molecule has 0 aliphatic carbocycles. The van der Waals surface area contributed by atoms with Gasteiger partial charge in [-0.3, -0.25) is 4.79 Å². The zero-order valence-electron chi connectivity index (χ0n) is 19.2. The molecular weight excluding hydrogens is 475 g/mol. The number of fused-ring (bicyclic) bond motifs is 1. The molecule has 0 bridgehead atoms. The van der Waals surface area contributed by atoms with Crippen LogP contribution in [-0.2, 0) is 14.8 Å². The van der Waals surface area contributed by atoms with Gasteiger partial charge in [-0.25, -0.2) is 17.4 Å². The number of halogens is 1. The molecular formula is C24H27FN4O5S. The van der Waals surface area contributed by atoms with E-state index in [-0.39, 0.29) is 46.9 Å². The van der Waals surface area contributed by atoms with Crippen molar-refractivity contribution in [2.45, 2.75) is 30.6 Å². The average molecular weight is 503 g/mol. The lowest BCUT2D eigenvalue weighted by Gasteiger charge is -2.32. The van der Waals surface area contributed by atoms with Crippen LogP contribution in [0, 0.1) is 17.7 Å². The lowest BCUT2D eigenvalue weighted by molar-refractivity contribution is -0.135. The second kappa shape index (κ2) is 9.90. The average Bonchev–Trinajstić information content (AvgIpc) is 3.54. The first-order valence-electron chi connectivity index (χ1n) is 11.8. The number of amides is 1. The van der Waals surface area contributed by atoms with Crippen LogP contribution in [0.15, 0.2) is 52.0 Å². The number of aromatic nitrogens is 2. The first-order valence-corrected chi connectivity index (χ1v) is 13.2. The van der Waals surface area contributed by atoms with Crippen molar-refractivity contribution in [3.63, 3.8) is 0 Å². The molecule has 1 atom stereocenters. The van der Waals surface area contributed by atoms with Crippen molar-refractivity contribution in [3.05, 3.63) is 48.3 Å². The second-order valence-corrected chi connectivity index (χ2v) is 11.0. The van der Waals surface area contributed by atoms with Gasteiger partial charge in [-0.15, -0.1) is 0 Å². The maximum atomic E-state index is 13.7. The predicted octanol–water partition coefficient (Wildman–Crippen LogP) is 3.08. The minimum Gasteiger partial charge on any atom is -0.491 e. The topological polar surface area (TPSA) is 106 Å². The van der Waals surface area contributed by atoms with Gasteiger partial charge in [-0.2, -0.15) is 4.31 Å². The molecule has 0 radical (unpaired) electrons. The normalized spacial score (nSPS) is 19.9. The molecule has 3 heterocycles. The van der Waals surface area contributed by atoms with Gasteiger partial charge in [-0.05, 0) is 66.2 Å². The fraction of sp³-hybridized carbons (Fsp3) is 0.458. The highest BCUT2D eigenvalue weighted by Gasteiger charge is 2.36. The van der Waals surface area contributed by atoms with Gasteiger partial charge in [0.2, 0.25) is 15.9 Å². The molecule has 186 valence electrons. The lowest BCUT2D eigenvalue weighted by Crippen LogP contribution is -2.44. The summed E-state index contributed by atoms with van der Waals surface area (Å²) in [5.41, 5.74) is 0.604. The molecule has 11 heteroatoms. The van der Waals surface area contributed by atoms with E-state index in [1.807, 2.05) is 4.90 Å². The Morgan fingerprint density at radius 1 is 1.06 bits per heavy atom. The number of likely N-dealkylation sites (tertiary alicyclic amines) is 1. The van der Waals surface area contributed by atoms with E-state index in [0.29, 0.717) is 44.0 Å². The third kappa shape index (κ3) is 4.87. The summed E-state index contributed by atoms with van der Waals surface area (Å²) in [7, 11) is -3.77. The molecule has 2 saturated heterocycles. The molecule has 0 N–H and O–H groups in total. The van der Waals surface area contributed by atoms with E-state index in [9.17, 15) is 17.6 Å². The first-order chi connectivity index (χ1) is 16.9. The van der Waals surface area contributed by atoms with Crippen LogP contribution in [0.25, 0.3) is 11.0 Å². The summed E-state index contributed by atoms with van der Waals surface area (Å²) in [6.07, 6.45) is 2.58. The summed E-state index contributed by atoms with van der Waals surface area (Å²) in [4.78, 5) is 15.0. The smallest absolute Gasteiger partial charge is 0.245 e. The van der Waals surface area contributed by atoms with Crippen LogP contribution < -0.4 is 4.74 Å². The van der Waals surface area contributed by atoms with Crippen molar-refractivity contribution in [3.8, 4) is 5.75 Å². The van der Waals surface area contributed by atoms with Crippen LogP contribution in [0.3, 0.4) is 0 Å². The number of hydrogen-bond acceptors (Lipinski definition) is 7. The number of carbonyl (C=O) groups excluding carboxylic acids is 1. The quantitative estimate of drug-likeness (QED) is 0.489. The molecule has 1 unspecified atom stereocenters. The Kier molecular flexibility index (Phi) is 6.70.